The Hall–Kier alpha value is -1.55. The van der Waals surface area contributed by atoms with Crippen LogP contribution in [0.15, 0.2) is 18.2 Å². The Kier molecular flexibility index (Phi) is 5.62. The van der Waals surface area contributed by atoms with Gasteiger partial charge in [-0.3, -0.25) is 4.79 Å². The van der Waals surface area contributed by atoms with Gasteiger partial charge in [0.25, 0.3) is 0 Å². The zero-order chi connectivity index (χ0) is 15.2. The van der Waals surface area contributed by atoms with Crippen molar-refractivity contribution in [2.24, 2.45) is 5.73 Å². The molecule has 4 nitrogen and oxygen atoms in total. The predicted molar refractivity (Wildman–Crippen MR) is 84.4 cm³/mol. The lowest BCUT2D eigenvalue weighted by Gasteiger charge is -2.35. The fourth-order valence-electron chi connectivity index (χ4n) is 2.85. The number of benzene rings is 1. The highest BCUT2D eigenvalue weighted by molar-refractivity contribution is 5.76. The molecular weight excluding hydrogens is 264 g/mol. The van der Waals surface area contributed by atoms with Gasteiger partial charge in [-0.1, -0.05) is 12.1 Å². The van der Waals surface area contributed by atoms with Crippen molar-refractivity contribution in [3.05, 3.63) is 29.3 Å². The molecule has 4 heteroatoms. The van der Waals surface area contributed by atoms with Crippen molar-refractivity contribution in [1.82, 2.24) is 4.90 Å². The number of aryl methyl sites for hydroxylation is 1. The van der Waals surface area contributed by atoms with Gasteiger partial charge >= 0.3 is 0 Å². The molecule has 1 aromatic carbocycles. The van der Waals surface area contributed by atoms with E-state index >= 15 is 0 Å². The van der Waals surface area contributed by atoms with Gasteiger partial charge < -0.3 is 15.4 Å². The molecule has 1 saturated heterocycles. The van der Waals surface area contributed by atoms with Crippen molar-refractivity contribution < 1.29 is 9.53 Å². The van der Waals surface area contributed by atoms with Crippen LogP contribution in [-0.4, -0.2) is 36.5 Å². The summed E-state index contributed by atoms with van der Waals surface area (Å²) in [4.78, 5) is 14.2. The van der Waals surface area contributed by atoms with Crippen LogP contribution in [-0.2, 0) is 4.79 Å². The summed E-state index contributed by atoms with van der Waals surface area (Å²) in [6.45, 7) is 5.93. The third-order valence-electron chi connectivity index (χ3n) is 4.35. The van der Waals surface area contributed by atoms with E-state index in [1.807, 2.05) is 24.0 Å². The molecule has 0 spiro atoms. The molecule has 0 aliphatic carbocycles. The van der Waals surface area contributed by atoms with E-state index in [4.69, 9.17) is 10.5 Å². The van der Waals surface area contributed by atoms with E-state index in [0.717, 1.165) is 30.7 Å². The molecule has 1 aliphatic heterocycles. The van der Waals surface area contributed by atoms with Crippen molar-refractivity contribution >= 4 is 5.91 Å². The molecular formula is C17H26N2O2. The molecule has 21 heavy (non-hydrogen) atoms. The maximum atomic E-state index is 12.3. The van der Waals surface area contributed by atoms with Gasteiger partial charge in [0.15, 0.2) is 0 Å². The van der Waals surface area contributed by atoms with E-state index in [1.165, 1.54) is 12.0 Å². The summed E-state index contributed by atoms with van der Waals surface area (Å²) in [5.41, 5.74) is 8.11. The molecule has 0 radical (unpaired) electrons. The second kappa shape index (κ2) is 7.46. The minimum atomic E-state index is 0.162. The van der Waals surface area contributed by atoms with Crippen molar-refractivity contribution in [1.29, 1.82) is 0 Å². The van der Waals surface area contributed by atoms with E-state index in [2.05, 4.69) is 13.0 Å². The van der Waals surface area contributed by atoms with E-state index in [0.29, 0.717) is 19.6 Å². The molecule has 0 bridgehead atoms. The lowest BCUT2D eigenvalue weighted by atomic mass is 10.0. The number of nitrogens with zero attached hydrogens (tertiary/aromatic N) is 1. The van der Waals surface area contributed by atoms with Crippen molar-refractivity contribution in [2.45, 2.75) is 45.6 Å². The summed E-state index contributed by atoms with van der Waals surface area (Å²) in [5, 5.41) is 0. The van der Waals surface area contributed by atoms with Crippen LogP contribution in [0.1, 0.15) is 36.8 Å². The van der Waals surface area contributed by atoms with E-state index in [1.54, 1.807) is 0 Å². The first-order valence-corrected chi connectivity index (χ1v) is 7.82. The van der Waals surface area contributed by atoms with Crippen LogP contribution in [0.2, 0.25) is 0 Å². The summed E-state index contributed by atoms with van der Waals surface area (Å²) in [6, 6.07) is 6.21. The van der Waals surface area contributed by atoms with Crippen LogP contribution in [0.4, 0.5) is 0 Å². The number of hydrogen-bond donors (Lipinski definition) is 1. The first-order valence-electron chi connectivity index (χ1n) is 7.82. The van der Waals surface area contributed by atoms with E-state index in [9.17, 15) is 4.79 Å². The summed E-state index contributed by atoms with van der Waals surface area (Å²) in [7, 11) is 0. The summed E-state index contributed by atoms with van der Waals surface area (Å²) >= 11 is 0. The molecule has 1 unspecified atom stereocenters. The lowest BCUT2D eigenvalue weighted by Crippen LogP contribution is -2.47. The number of carbonyl (C=O) groups excluding carboxylic acids is 1. The van der Waals surface area contributed by atoms with Crippen LogP contribution in [0, 0.1) is 13.8 Å². The second-order valence-electron chi connectivity index (χ2n) is 5.77. The maximum absolute atomic E-state index is 12.3. The SMILES string of the molecule is Cc1cccc(OCCC(=O)N2CCCCC2CN)c1C. The Labute approximate surface area is 127 Å². The molecule has 0 saturated carbocycles. The smallest absolute Gasteiger partial charge is 0.226 e. The predicted octanol–water partition coefficient (Wildman–Crippen LogP) is 2.41. The van der Waals surface area contributed by atoms with Gasteiger partial charge in [0.05, 0.1) is 13.0 Å². The van der Waals surface area contributed by atoms with Crippen LogP contribution in [0.3, 0.4) is 0 Å². The second-order valence-corrected chi connectivity index (χ2v) is 5.77. The number of amides is 1. The summed E-state index contributed by atoms with van der Waals surface area (Å²) in [5.74, 6) is 1.03. The molecule has 1 fully saturated rings. The molecule has 1 amide bonds. The number of hydrogen-bond acceptors (Lipinski definition) is 3. The highest BCUT2D eigenvalue weighted by Crippen LogP contribution is 2.21. The van der Waals surface area contributed by atoms with E-state index in [-0.39, 0.29) is 11.9 Å². The first kappa shape index (κ1) is 15.8. The fourth-order valence-corrected chi connectivity index (χ4v) is 2.85. The lowest BCUT2D eigenvalue weighted by molar-refractivity contribution is -0.135. The number of carbonyl (C=O) groups is 1. The van der Waals surface area contributed by atoms with Gasteiger partial charge in [0.2, 0.25) is 5.91 Å². The molecule has 1 aliphatic rings. The Morgan fingerprint density at radius 1 is 1.38 bits per heavy atom. The van der Waals surface area contributed by atoms with Gasteiger partial charge in [-0.25, -0.2) is 0 Å². The van der Waals surface area contributed by atoms with E-state index < -0.39 is 0 Å². The first-order chi connectivity index (χ1) is 10.1. The van der Waals surface area contributed by atoms with Gasteiger partial charge in [-0.05, 0) is 50.3 Å². The van der Waals surface area contributed by atoms with Crippen LogP contribution < -0.4 is 10.5 Å². The fraction of sp³-hybridized carbons (Fsp3) is 0.588. The van der Waals surface area contributed by atoms with Crippen LogP contribution >= 0.6 is 0 Å². The van der Waals surface area contributed by atoms with Gasteiger partial charge in [0.1, 0.15) is 5.75 Å². The average Bonchev–Trinajstić information content (AvgIpc) is 2.51. The standard InChI is InChI=1S/C17H26N2O2/c1-13-6-5-8-16(14(13)2)21-11-9-17(20)19-10-4-3-7-15(19)12-18/h5-6,8,15H,3-4,7,9-12,18H2,1-2H3. The monoisotopic (exact) mass is 290 g/mol. The van der Waals surface area contributed by atoms with Crippen molar-refractivity contribution in [3.8, 4) is 5.75 Å². The topological polar surface area (TPSA) is 55.6 Å². The van der Waals surface area contributed by atoms with Crippen molar-refractivity contribution in [2.75, 3.05) is 19.7 Å². The number of rotatable bonds is 5. The van der Waals surface area contributed by atoms with Gasteiger partial charge in [-0.2, -0.15) is 0 Å². The Bertz CT molecular complexity index is 488. The molecule has 1 atom stereocenters. The highest BCUT2D eigenvalue weighted by atomic mass is 16.5. The van der Waals surface area contributed by atoms with Crippen LogP contribution in [0.5, 0.6) is 5.75 Å². The molecule has 0 aromatic heterocycles. The maximum Gasteiger partial charge on any atom is 0.226 e. The molecule has 1 heterocycles. The molecule has 1 aromatic rings. The number of nitrogens with two attached hydrogens (primary N) is 1. The minimum Gasteiger partial charge on any atom is -0.493 e. The highest BCUT2D eigenvalue weighted by Gasteiger charge is 2.25. The Morgan fingerprint density at radius 3 is 2.95 bits per heavy atom. The van der Waals surface area contributed by atoms with Crippen molar-refractivity contribution in [3.63, 3.8) is 0 Å². The molecule has 116 valence electrons. The third kappa shape index (κ3) is 3.97. The van der Waals surface area contributed by atoms with Gasteiger partial charge in [0, 0.05) is 19.1 Å². The Balaban J connectivity index is 1.85. The van der Waals surface area contributed by atoms with Gasteiger partial charge in [-0.15, -0.1) is 0 Å². The normalized spacial score (nSPS) is 18.6. The zero-order valence-corrected chi connectivity index (χ0v) is 13.1. The number of likely N-dealkylation sites (tertiary alicyclic amines) is 1. The average molecular weight is 290 g/mol. The number of piperidine rings is 1. The zero-order valence-electron chi connectivity index (χ0n) is 13.1. The van der Waals surface area contributed by atoms with Crippen LogP contribution in [0.25, 0.3) is 0 Å². The molecule has 2 N–H and O–H groups in total. The summed E-state index contributed by atoms with van der Waals surface area (Å²) < 4.78 is 5.77. The third-order valence-corrected chi connectivity index (χ3v) is 4.35. The quantitative estimate of drug-likeness (QED) is 0.906. The summed E-state index contributed by atoms with van der Waals surface area (Å²) in [6.07, 6.45) is 3.70. The number of ether oxygens (including phenoxy) is 1. The molecule has 2 rings (SSSR count). The largest absolute Gasteiger partial charge is 0.493 e. The minimum absolute atomic E-state index is 0.162. The Morgan fingerprint density at radius 2 is 2.19 bits per heavy atom.